The van der Waals surface area contributed by atoms with E-state index in [1.807, 2.05) is 6.07 Å². The van der Waals surface area contributed by atoms with E-state index in [4.69, 9.17) is 11.6 Å². The molecule has 1 atom stereocenters. The summed E-state index contributed by atoms with van der Waals surface area (Å²) in [7, 11) is 0. The summed E-state index contributed by atoms with van der Waals surface area (Å²) in [5.74, 6) is 0.375. The van der Waals surface area contributed by atoms with Crippen molar-refractivity contribution >= 4 is 29.3 Å². The van der Waals surface area contributed by atoms with Crippen LogP contribution in [0.2, 0.25) is 5.02 Å². The standard InChI is InChI=1S/C18H20ClN3OS/c19-16-7-4-9-20-18(16)24-13-17(23)21-15-8-10-22(12-15)11-14-5-2-1-3-6-14/h1-7,9,15H,8,10-13H2,(H,21,23). The van der Waals surface area contributed by atoms with Crippen molar-refractivity contribution in [2.45, 2.75) is 24.0 Å². The van der Waals surface area contributed by atoms with Crippen LogP contribution >= 0.6 is 23.4 Å². The first kappa shape index (κ1) is 17.3. The molecule has 0 saturated carbocycles. The topological polar surface area (TPSA) is 45.2 Å². The van der Waals surface area contributed by atoms with Gasteiger partial charge >= 0.3 is 0 Å². The lowest BCUT2D eigenvalue weighted by atomic mass is 10.2. The number of benzene rings is 1. The molecule has 1 N–H and O–H groups in total. The Morgan fingerprint density at radius 2 is 2.12 bits per heavy atom. The maximum Gasteiger partial charge on any atom is 0.230 e. The summed E-state index contributed by atoms with van der Waals surface area (Å²) in [5.41, 5.74) is 1.31. The van der Waals surface area contributed by atoms with Crippen molar-refractivity contribution in [3.05, 3.63) is 59.2 Å². The van der Waals surface area contributed by atoms with Gasteiger partial charge in [0.2, 0.25) is 5.91 Å². The summed E-state index contributed by atoms with van der Waals surface area (Å²) in [6.07, 6.45) is 2.68. The Balaban J connectivity index is 1.42. The SMILES string of the molecule is O=C(CSc1ncccc1Cl)NC1CCN(Cc2ccccc2)C1. The van der Waals surface area contributed by atoms with Gasteiger partial charge in [0.15, 0.2) is 0 Å². The molecule has 1 aromatic carbocycles. The van der Waals surface area contributed by atoms with Crippen LogP contribution in [0.4, 0.5) is 0 Å². The molecule has 0 spiro atoms. The van der Waals surface area contributed by atoms with Crippen LogP contribution < -0.4 is 5.32 Å². The van der Waals surface area contributed by atoms with Gasteiger partial charge in [-0.15, -0.1) is 0 Å². The third-order valence-electron chi connectivity index (χ3n) is 3.95. The zero-order chi connectivity index (χ0) is 16.8. The van der Waals surface area contributed by atoms with Gasteiger partial charge in [-0.25, -0.2) is 4.98 Å². The molecule has 1 aliphatic heterocycles. The van der Waals surface area contributed by atoms with Crippen molar-refractivity contribution in [1.82, 2.24) is 15.2 Å². The Morgan fingerprint density at radius 1 is 1.29 bits per heavy atom. The summed E-state index contributed by atoms with van der Waals surface area (Å²) in [4.78, 5) is 18.7. The van der Waals surface area contributed by atoms with E-state index >= 15 is 0 Å². The Morgan fingerprint density at radius 3 is 2.92 bits per heavy atom. The predicted molar refractivity (Wildman–Crippen MR) is 98.2 cm³/mol. The summed E-state index contributed by atoms with van der Waals surface area (Å²) in [5, 5.41) is 4.40. The first-order valence-corrected chi connectivity index (χ1v) is 9.36. The van der Waals surface area contributed by atoms with Gasteiger partial charge in [-0.05, 0) is 24.1 Å². The van der Waals surface area contributed by atoms with Crippen LogP contribution in [0.25, 0.3) is 0 Å². The van der Waals surface area contributed by atoms with Gasteiger partial charge in [-0.2, -0.15) is 0 Å². The van der Waals surface area contributed by atoms with Crippen LogP contribution in [0.5, 0.6) is 0 Å². The van der Waals surface area contributed by atoms with E-state index in [1.54, 1.807) is 18.3 Å². The fraction of sp³-hybridized carbons (Fsp3) is 0.333. The average molecular weight is 362 g/mol. The molecule has 4 nitrogen and oxygen atoms in total. The fourth-order valence-electron chi connectivity index (χ4n) is 2.82. The molecule has 1 amide bonds. The normalized spacial score (nSPS) is 17.8. The number of hydrogen-bond acceptors (Lipinski definition) is 4. The van der Waals surface area contributed by atoms with Gasteiger partial charge in [0, 0.05) is 31.9 Å². The molecule has 2 heterocycles. The Bertz CT molecular complexity index is 683. The molecule has 1 saturated heterocycles. The second kappa shape index (κ2) is 8.51. The second-order valence-corrected chi connectivity index (χ2v) is 7.22. The van der Waals surface area contributed by atoms with Crippen molar-refractivity contribution in [3.63, 3.8) is 0 Å². The van der Waals surface area contributed by atoms with E-state index in [0.717, 1.165) is 26.1 Å². The highest BCUT2D eigenvalue weighted by molar-refractivity contribution is 8.00. The highest BCUT2D eigenvalue weighted by Gasteiger charge is 2.23. The largest absolute Gasteiger partial charge is 0.351 e. The summed E-state index contributed by atoms with van der Waals surface area (Å²) in [6.45, 7) is 2.85. The highest BCUT2D eigenvalue weighted by atomic mass is 35.5. The number of aromatic nitrogens is 1. The number of hydrogen-bond donors (Lipinski definition) is 1. The molecule has 3 rings (SSSR count). The summed E-state index contributed by atoms with van der Waals surface area (Å²) in [6, 6.07) is 14.2. The molecule has 1 unspecified atom stereocenters. The zero-order valence-electron chi connectivity index (χ0n) is 13.3. The number of rotatable bonds is 6. The summed E-state index contributed by atoms with van der Waals surface area (Å²) < 4.78 is 0. The van der Waals surface area contributed by atoms with E-state index in [9.17, 15) is 4.79 Å². The Labute approximate surface area is 151 Å². The molecule has 6 heteroatoms. The van der Waals surface area contributed by atoms with Crippen LogP contribution in [-0.2, 0) is 11.3 Å². The van der Waals surface area contributed by atoms with E-state index in [2.05, 4.69) is 39.5 Å². The maximum atomic E-state index is 12.1. The minimum atomic E-state index is 0.0354. The van der Waals surface area contributed by atoms with Gasteiger partial charge in [-0.1, -0.05) is 53.7 Å². The Hall–Kier alpha value is -1.56. The van der Waals surface area contributed by atoms with Crippen molar-refractivity contribution in [2.75, 3.05) is 18.8 Å². The first-order chi connectivity index (χ1) is 11.7. The van der Waals surface area contributed by atoms with Crippen molar-refractivity contribution in [1.29, 1.82) is 0 Å². The van der Waals surface area contributed by atoms with E-state index in [1.165, 1.54) is 17.3 Å². The van der Waals surface area contributed by atoms with Gasteiger partial charge in [0.1, 0.15) is 5.03 Å². The minimum absolute atomic E-state index is 0.0354. The molecule has 2 aromatic rings. The number of amides is 1. The number of thioether (sulfide) groups is 1. The third kappa shape index (κ3) is 4.97. The third-order valence-corrected chi connectivity index (χ3v) is 5.37. The fourth-order valence-corrected chi connectivity index (χ4v) is 3.79. The van der Waals surface area contributed by atoms with Crippen LogP contribution in [0.1, 0.15) is 12.0 Å². The maximum absolute atomic E-state index is 12.1. The lowest BCUT2D eigenvalue weighted by Crippen LogP contribution is -2.38. The van der Waals surface area contributed by atoms with E-state index < -0.39 is 0 Å². The summed E-state index contributed by atoms with van der Waals surface area (Å²) >= 11 is 7.43. The smallest absolute Gasteiger partial charge is 0.230 e. The average Bonchev–Trinajstić information content (AvgIpc) is 3.02. The number of nitrogens with one attached hydrogen (secondary N) is 1. The molecule has 0 bridgehead atoms. The number of halogens is 1. The van der Waals surface area contributed by atoms with Crippen LogP contribution in [-0.4, -0.2) is 40.7 Å². The number of likely N-dealkylation sites (tertiary alicyclic amines) is 1. The number of pyridine rings is 1. The molecule has 0 radical (unpaired) electrons. The predicted octanol–water partition coefficient (Wildman–Crippen LogP) is 3.22. The van der Waals surface area contributed by atoms with E-state index in [-0.39, 0.29) is 11.9 Å². The molecule has 24 heavy (non-hydrogen) atoms. The molecule has 126 valence electrons. The van der Waals surface area contributed by atoms with Crippen LogP contribution in [0, 0.1) is 0 Å². The number of nitrogens with zero attached hydrogens (tertiary/aromatic N) is 2. The van der Waals surface area contributed by atoms with Gasteiger partial charge < -0.3 is 5.32 Å². The van der Waals surface area contributed by atoms with Crippen LogP contribution in [0.15, 0.2) is 53.7 Å². The molecule has 1 aromatic heterocycles. The second-order valence-electron chi connectivity index (χ2n) is 5.85. The molecule has 1 fully saturated rings. The molecular formula is C18H20ClN3OS. The lowest BCUT2D eigenvalue weighted by Gasteiger charge is -2.16. The van der Waals surface area contributed by atoms with Crippen molar-refractivity contribution in [2.24, 2.45) is 0 Å². The van der Waals surface area contributed by atoms with E-state index in [0.29, 0.717) is 15.8 Å². The van der Waals surface area contributed by atoms with Crippen LogP contribution in [0.3, 0.4) is 0 Å². The number of carbonyl (C=O) groups excluding carboxylic acids is 1. The Kier molecular flexibility index (Phi) is 6.12. The number of carbonyl (C=O) groups is 1. The quantitative estimate of drug-likeness (QED) is 0.802. The first-order valence-electron chi connectivity index (χ1n) is 7.99. The molecule has 1 aliphatic rings. The van der Waals surface area contributed by atoms with Crippen molar-refractivity contribution < 1.29 is 4.79 Å². The minimum Gasteiger partial charge on any atom is -0.351 e. The highest BCUT2D eigenvalue weighted by Crippen LogP contribution is 2.23. The molecular weight excluding hydrogens is 342 g/mol. The van der Waals surface area contributed by atoms with Gasteiger partial charge in [-0.3, -0.25) is 9.69 Å². The van der Waals surface area contributed by atoms with Gasteiger partial charge in [0.25, 0.3) is 0 Å². The van der Waals surface area contributed by atoms with Crippen molar-refractivity contribution in [3.8, 4) is 0 Å². The monoisotopic (exact) mass is 361 g/mol. The zero-order valence-corrected chi connectivity index (χ0v) is 14.9. The van der Waals surface area contributed by atoms with Gasteiger partial charge in [0.05, 0.1) is 10.8 Å². The molecule has 0 aliphatic carbocycles. The lowest BCUT2D eigenvalue weighted by molar-refractivity contribution is -0.119.